The zero-order valence-corrected chi connectivity index (χ0v) is 15.5. The van der Waals surface area contributed by atoms with Crippen LogP contribution in [0.25, 0.3) is 10.8 Å². The van der Waals surface area contributed by atoms with Crippen molar-refractivity contribution in [3.05, 3.63) is 70.1 Å². The van der Waals surface area contributed by atoms with Crippen LogP contribution in [0.15, 0.2) is 53.5 Å². The van der Waals surface area contributed by atoms with Gasteiger partial charge in [0.05, 0.1) is 6.42 Å². The highest BCUT2D eigenvalue weighted by molar-refractivity contribution is 6.02. The number of phenols is 1. The number of benzene rings is 2. The molecule has 28 heavy (non-hydrogen) atoms. The summed E-state index contributed by atoms with van der Waals surface area (Å²) in [6.45, 7) is 0.430. The molecule has 2 aromatic carbocycles. The van der Waals surface area contributed by atoms with Crippen molar-refractivity contribution in [3.8, 4) is 5.75 Å². The quantitative estimate of drug-likeness (QED) is 0.586. The Kier molecular flexibility index (Phi) is 6.06. The minimum absolute atomic E-state index is 0.0307. The van der Waals surface area contributed by atoms with Crippen LogP contribution < -0.4 is 16.2 Å². The lowest BCUT2D eigenvalue weighted by molar-refractivity contribution is -0.115. The van der Waals surface area contributed by atoms with Crippen LogP contribution >= 0.6 is 0 Å². The van der Waals surface area contributed by atoms with E-state index in [-0.39, 0.29) is 29.2 Å². The molecule has 6 nitrogen and oxygen atoms in total. The molecule has 146 valence electrons. The number of amides is 1. The molecule has 0 spiro atoms. The number of hydrogen-bond donors (Lipinski definition) is 3. The highest BCUT2D eigenvalue weighted by Gasteiger charge is 2.11. The van der Waals surface area contributed by atoms with Crippen LogP contribution in [0.3, 0.4) is 0 Å². The van der Waals surface area contributed by atoms with Gasteiger partial charge in [-0.2, -0.15) is 0 Å². The van der Waals surface area contributed by atoms with E-state index in [4.69, 9.17) is 0 Å². The number of likely N-dealkylation sites (N-methyl/N-ethyl adjacent to an activating group) is 1. The number of aromatic hydroxyl groups is 1. The van der Waals surface area contributed by atoms with E-state index in [9.17, 15) is 19.1 Å². The largest absolute Gasteiger partial charge is 0.508 e. The first-order valence-electron chi connectivity index (χ1n) is 8.97. The SMILES string of the molecule is CNCCn1ccc2c(NC(=O)Cc3ccc(O)c(CF)c3)cccc2c1=O. The van der Waals surface area contributed by atoms with E-state index in [1.54, 1.807) is 35.0 Å². The van der Waals surface area contributed by atoms with Crippen molar-refractivity contribution in [1.29, 1.82) is 0 Å². The van der Waals surface area contributed by atoms with Gasteiger partial charge in [-0.15, -0.1) is 0 Å². The van der Waals surface area contributed by atoms with Crippen molar-refractivity contribution in [3.63, 3.8) is 0 Å². The lowest BCUT2D eigenvalue weighted by atomic mass is 10.1. The smallest absolute Gasteiger partial charge is 0.258 e. The van der Waals surface area contributed by atoms with Gasteiger partial charge < -0.3 is 20.3 Å². The van der Waals surface area contributed by atoms with Gasteiger partial charge in [0.2, 0.25) is 5.91 Å². The number of phenolic OH excluding ortho intramolecular Hbond substituents is 1. The summed E-state index contributed by atoms with van der Waals surface area (Å²) in [5.74, 6) is -0.419. The number of hydrogen-bond acceptors (Lipinski definition) is 4. The van der Waals surface area contributed by atoms with Gasteiger partial charge in [-0.3, -0.25) is 9.59 Å². The molecule has 0 saturated heterocycles. The molecule has 0 fully saturated rings. The molecule has 0 aliphatic rings. The summed E-state index contributed by atoms with van der Waals surface area (Å²) in [5, 5.41) is 16.6. The van der Waals surface area contributed by atoms with Gasteiger partial charge >= 0.3 is 0 Å². The molecule has 3 N–H and O–H groups in total. The topological polar surface area (TPSA) is 83.4 Å². The van der Waals surface area contributed by atoms with E-state index < -0.39 is 6.67 Å². The monoisotopic (exact) mass is 383 g/mol. The Morgan fingerprint density at radius 2 is 2.00 bits per heavy atom. The number of alkyl halides is 1. The summed E-state index contributed by atoms with van der Waals surface area (Å²) in [5.41, 5.74) is 1.18. The molecule has 3 rings (SSSR count). The van der Waals surface area contributed by atoms with Crippen molar-refractivity contribution in [2.75, 3.05) is 18.9 Å². The van der Waals surface area contributed by atoms with Crippen molar-refractivity contribution < 1.29 is 14.3 Å². The maximum Gasteiger partial charge on any atom is 0.258 e. The molecule has 0 saturated carbocycles. The van der Waals surface area contributed by atoms with Crippen LogP contribution in [0, 0.1) is 0 Å². The van der Waals surface area contributed by atoms with Gasteiger partial charge in [0.1, 0.15) is 12.4 Å². The third kappa shape index (κ3) is 4.20. The first-order chi connectivity index (χ1) is 13.5. The first kappa shape index (κ1) is 19.6. The lowest BCUT2D eigenvalue weighted by Crippen LogP contribution is -2.25. The fourth-order valence-electron chi connectivity index (χ4n) is 3.07. The highest BCUT2D eigenvalue weighted by Crippen LogP contribution is 2.22. The van der Waals surface area contributed by atoms with Crippen LogP contribution in [0.5, 0.6) is 5.75 Å². The zero-order chi connectivity index (χ0) is 20.1. The van der Waals surface area contributed by atoms with Crippen LogP contribution in [0.2, 0.25) is 0 Å². The van der Waals surface area contributed by atoms with E-state index in [2.05, 4.69) is 10.6 Å². The van der Waals surface area contributed by atoms with E-state index in [0.717, 1.165) is 0 Å². The Balaban J connectivity index is 1.83. The molecule has 1 amide bonds. The molecule has 0 aliphatic carbocycles. The normalized spacial score (nSPS) is 10.9. The molecule has 0 unspecified atom stereocenters. The van der Waals surface area contributed by atoms with E-state index in [1.807, 2.05) is 13.1 Å². The van der Waals surface area contributed by atoms with Crippen molar-refractivity contribution in [2.24, 2.45) is 0 Å². The molecule has 1 heterocycles. The molecule has 0 aliphatic heterocycles. The van der Waals surface area contributed by atoms with Crippen LogP contribution in [-0.4, -0.2) is 29.2 Å². The second kappa shape index (κ2) is 8.67. The number of carbonyl (C=O) groups is 1. The van der Waals surface area contributed by atoms with Crippen LogP contribution in [0.1, 0.15) is 11.1 Å². The third-order valence-corrected chi connectivity index (χ3v) is 4.55. The van der Waals surface area contributed by atoms with E-state index in [1.165, 1.54) is 12.1 Å². The predicted octanol–water partition coefficient (Wildman–Crippen LogP) is 2.58. The Bertz CT molecular complexity index is 1060. The number of pyridine rings is 1. The molecule has 1 aromatic heterocycles. The Hall–Kier alpha value is -3.19. The van der Waals surface area contributed by atoms with Gasteiger partial charge in [-0.25, -0.2) is 4.39 Å². The fraction of sp³-hybridized carbons (Fsp3) is 0.238. The Morgan fingerprint density at radius 3 is 2.75 bits per heavy atom. The number of fused-ring (bicyclic) bond motifs is 1. The molecular formula is C21H22FN3O3. The van der Waals surface area contributed by atoms with E-state index >= 15 is 0 Å². The summed E-state index contributed by atoms with van der Waals surface area (Å²) in [6.07, 6.45) is 1.74. The van der Waals surface area contributed by atoms with E-state index in [0.29, 0.717) is 35.1 Å². The molecule has 3 aromatic rings. The number of halogens is 1. The summed E-state index contributed by atoms with van der Waals surface area (Å²) in [6, 6.07) is 11.4. The van der Waals surface area contributed by atoms with Gasteiger partial charge in [0.15, 0.2) is 0 Å². The molecule has 7 heteroatoms. The zero-order valence-electron chi connectivity index (χ0n) is 15.5. The van der Waals surface area contributed by atoms with Gasteiger partial charge in [-0.05, 0) is 42.9 Å². The minimum atomic E-state index is -0.801. The molecule has 0 radical (unpaired) electrons. The van der Waals surface area contributed by atoms with Crippen LogP contribution in [0.4, 0.5) is 10.1 Å². The predicted molar refractivity (Wildman–Crippen MR) is 107 cm³/mol. The van der Waals surface area contributed by atoms with Gasteiger partial charge in [-0.1, -0.05) is 12.1 Å². The van der Waals surface area contributed by atoms with Gasteiger partial charge in [0, 0.05) is 41.3 Å². The fourth-order valence-corrected chi connectivity index (χ4v) is 3.07. The molecule has 0 bridgehead atoms. The lowest BCUT2D eigenvalue weighted by Gasteiger charge is -2.11. The maximum absolute atomic E-state index is 12.9. The Labute approximate surface area is 161 Å². The first-order valence-corrected chi connectivity index (χ1v) is 8.97. The van der Waals surface area contributed by atoms with Crippen molar-refractivity contribution in [1.82, 2.24) is 9.88 Å². The minimum Gasteiger partial charge on any atom is -0.508 e. The summed E-state index contributed by atoms with van der Waals surface area (Å²) < 4.78 is 14.5. The number of carbonyl (C=O) groups excluding carboxylic acids is 1. The maximum atomic E-state index is 12.9. The standard InChI is InChI=1S/C21H22FN3O3/c1-23-8-10-25-9-7-16-17(21(25)28)3-2-4-18(16)24-20(27)12-14-5-6-19(26)15(11-14)13-22/h2-7,9,11,23,26H,8,10,12-13H2,1H3,(H,24,27). The molecular weight excluding hydrogens is 361 g/mol. The number of nitrogens with zero attached hydrogens (tertiary/aromatic N) is 1. The second-order valence-electron chi connectivity index (χ2n) is 6.51. The van der Waals surface area contributed by atoms with Crippen molar-refractivity contribution >= 4 is 22.4 Å². The highest BCUT2D eigenvalue weighted by atomic mass is 19.1. The second-order valence-corrected chi connectivity index (χ2v) is 6.51. The average Bonchev–Trinajstić information content (AvgIpc) is 2.69. The summed E-state index contributed by atoms with van der Waals surface area (Å²) >= 11 is 0. The number of aromatic nitrogens is 1. The Morgan fingerprint density at radius 1 is 1.18 bits per heavy atom. The third-order valence-electron chi connectivity index (χ3n) is 4.55. The summed E-state index contributed by atoms with van der Waals surface area (Å²) in [4.78, 5) is 25.1. The van der Waals surface area contributed by atoms with Crippen LogP contribution in [-0.2, 0) is 24.4 Å². The number of nitrogens with one attached hydrogen (secondary N) is 2. The number of anilines is 1. The van der Waals surface area contributed by atoms with Gasteiger partial charge in [0.25, 0.3) is 5.56 Å². The van der Waals surface area contributed by atoms with Crippen molar-refractivity contribution in [2.45, 2.75) is 19.6 Å². The average molecular weight is 383 g/mol. The summed E-state index contributed by atoms with van der Waals surface area (Å²) in [7, 11) is 1.82. The molecule has 0 atom stereocenters. The number of rotatable bonds is 7.